The third-order valence-corrected chi connectivity index (χ3v) is 2.99. The smallest absolute Gasteiger partial charge is 0.331 e. The fraction of sp³-hybridized carbons (Fsp3) is 0.214. The molecule has 1 aromatic carbocycles. The predicted molar refractivity (Wildman–Crippen MR) is 76.1 cm³/mol. The number of ether oxygens (including phenoxy) is 1. The van der Waals surface area contributed by atoms with Crippen LogP contribution in [0.3, 0.4) is 0 Å². The lowest BCUT2D eigenvalue weighted by atomic mass is 10.1. The summed E-state index contributed by atoms with van der Waals surface area (Å²) in [6.07, 6.45) is 4.44. The summed E-state index contributed by atoms with van der Waals surface area (Å²) in [6, 6.07) is 7.35. The van der Waals surface area contributed by atoms with Gasteiger partial charge in [-0.15, -0.1) is 0 Å². The van der Waals surface area contributed by atoms with Gasteiger partial charge in [0.15, 0.2) is 0 Å². The van der Waals surface area contributed by atoms with E-state index in [4.69, 9.17) is 16.3 Å². The summed E-state index contributed by atoms with van der Waals surface area (Å²) in [5, 5.41) is 4.52. The first-order valence-electron chi connectivity index (χ1n) is 6.09. The number of aromatic nitrogens is 3. The molecular formula is C14H14ClN3O2. The second-order valence-corrected chi connectivity index (χ2v) is 4.54. The molecule has 0 unspecified atom stereocenters. The molecule has 0 radical (unpaired) electrons. The summed E-state index contributed by atoms with van der Waals surface area (Å²) in [6.45, 7) is 2.54. The SMILES string of the molecule is C/C(=C/C(=O)OCCn1cncn1)c1ccccc1Cl. The van der Waals surface area contributed by atoms with Crippen LogP contribution in [0.1, 0.15) is 12.5 Å². The summed E-state index contributed by atoms with van der Waals surface area (Å²) < 4.78 is 6.70. The molecule has 0 fully saturated rings. The molecule has 0 amide bonds. The minimum absolute atomic E-state index is 0.245. The standard InChI is InChI=1S/C14H14ClN3O2/c1-11(12-4-2-3-5-13(12)15)8-14(19)20-7-6-18-10-16-9-17-18/h2-5,8-10H,6-7H2,1H3/b11-8-. The van der Waals surface area contributed by atoms with E-state index in [1.54, 1.807) is 17.1 Å². The number of nitrogens with zero attached hydrogens (tertiary/aromatic N) is 3. The molecule has 6 heteroatoms. The number of esters is 1. The van der Waals surface area contributed by atoms with Gasteiger partial charge in [0, 0.05) is 11.1 Å². The largest absolute Gasteiger partial charge is 0.461 e. The molecule has 1 aromatic heterocycles. The van der Waals surface area contributed by atoms with Crippen LogP contribution in [-0.2, 0) is 16.1 Å². The van der Waals surface area contributed by atoms with Crippen molar-refractivity contribution >= 4 is 23.1 Å². The average molecular weight is 292 g/mol. The highest BCUT2D eigenvalue weighted by Crippen LogP contribution is 2.22. The second kappa shape index (κ2) is 6.86. The van der Waals surface area contributed by atoms with Crippen LogP contribution < -0.4 is 0 Å². The number of hydrogen-bond donors (Lipinski definition) is 0. The Morgan fingerprint density at radius 2 is 2.25 bits per heavy atom. The Balaban J connectivity index is 1.89. The van der Waals surface area contributed by atoms with Crippen molar-refractivity contribution in [2.24, 2.45) is 0 Å². The van der Waals surface area contributed by atoms with Crippen LogP contribution >= 0.6 is 11.6 Å². The minimum atomic E-state index is -0.400. The van der Waals surface area contributed by atoms with E-state index in [2.05, 4.69) is 10.1 Å². The first kappa shape index (κ1) is 14.3. The molecule has 0 spiro atoms. The van der Waals surface area contributed by atoms with Crippen molar-refractivity contribution in [3.05, 3.63) is 53.6 Å². The number of allylic oxidation sites excluding steroid dienone is 1. The molecule has 0 aliphatic carbocycles. The van der Waals surface area contributed by atoms with Crippen molar-refractivity contribution in [1.82, 2.24) is 14.8 Å². The maximum absolute atomic E-state index is 11.7. The van der Waals surface area contributed by atoms with Gasteiger partial charge < -0.3 is 4.74 Å². The average Bonchev–Trinajstić information content (AvgIpc) is 2.92. The highest BCUT2D eigenvalue weighted by atomic mass is 35.5. The third-order valence-electron chi connectivity index (χ3n) is 2.66. The second-order valence-electron chi connectivity index (χ2n) is 4.13. The Kier molecular flexibility index (Phi) is 4.90. The van der Waals surface area contributed by atoms with Gasteiger partial charge in [-0.1, -0.05) is 29.8 Å². The quantitative estimate of drug-likeness (QED) is 0.627. The van der Waals surface area contributed by atoms with E-state index in [1.807, 2.05) is 25.1 Å². The zero-order valence-electron chi connectivity index (χ0n) is 11.0. The Labute approximate surface area is 121 Å². The van der Waals surface area contributed by atoms with Crippen molar-refractivity contribution in [3.63, 3.8) is 0 Å². The first-order valence-corrected chi connectivity index (χ1v) is 6.47. The number of carbonyl (C=O) groups is 1. The van der Waals surface area contributed by atoms with Gasteiger partial charge in [0.25, 0.3) is 0 Å². The van der Waals surface area contributed by atoms with Crippen LogP contribution in [0.15, 0.2) is 43.0 Å². The molecule has 0 N–H and O–H groups in total. The van der Waals surface area contributed by atoms with Crippen molar-refractivity contribution in [2.45, 2.75) is 13.5 Å². The van der Waals surface area contributed by atoms with Crippen LogP contribution in [0.5, 0.6) is 0 Å². The Morgan fingerprint density at radius 3 is 2.95 bits per heavy atom. The van der Waals surface area contributed by atoms with Crippen LogP contribution in [0.4, 0.5) is 0 Å². The molecule has 104 valence electrons. The summed E-state index contributed by atoms with van der Waals surface area (Å²) >= 11 is 6.06. The zero-order chi connectivity index (χ0) is 14.4. The molecule has 0 aliphatic heterocycles. The zero-order valence-corrected chi connectivity index (χ0v) is 11.7. The van der Waals surface area contributed by atoms with Gasteiger partial charge in [0.1, 0.15) is 19.3 Å². The van der Waals surface area contributed by atoms with Crippen molar-refractivity contribution in [2.75, 3.05) is 6.61 Å². The number of hydrogen-bond acceptors (Lipinski definition) is 4. The maximum Gasteiger partial charge on any atom is 0.331 e. The van der Waals surface area contributed by atoms with Gasteiger partial charge in [-0.05, 0) is 24.1 Å². The molecule has 0 atom stereocenters. The Morgan fingerprint density at radius 1 is 1.45 bits per heavy atom. The van der Waals surface area contributed by atoms with Crippen LogP contribution in [0, 0.1) is 0 Å². The monoisotopic (exact) mass is 291 g/mol. The van der Waals surface area contributed by atoms with Crippen molar-refractivity contribution in [1.29, 1.82) is 0 Å². The lowest BCUT2D eigenvalue weighted by Gasteiger charge is -2.05. The third kappa shape index (κ3) is 3.93. The van der Waals surface area contributed by atoms with E-state index in [-0.39, 0.29) is 6.61 Å². The van der Waals surface area contributed by atoms with E-state index >= 15 is 0 Å². The van der Waals surface area contributed by atoms with E-state index in [1.165, 1.54) is 12.4 Å². The molecule has 2 aromatic rings. The molecule has 2 rings (SSSR count). The van der Waals surface area contributed by atoms with Crippen molar-refractivity contribution < 1.29 is 9.53 Å². The van der Waals surface area contributed by atoms with Crippen molar-refractivity contribution in [3.8, 4) is 0 Å². The molecule has 0 bridgehead atoms. The fourth-order valence-electron chi connectivity index (χ4n) is 1.67. The van der Waals surface area contributed by atoms with E-state index in [0.717, 1.165) is 11.1 Å². The molecule has 0 saturated heterocycles. The topological polar surface area (TPSA) is 57.0 Å². The summed E-state index contributed by atoms with van der Waals surface area (Å²) in [5.74, 6) is -0.400. The highest BCUT2D eigenvalue weighted by Gasteiger charge is 2.05. The van der Waals surface area contributed by atoms with Gasteiger partial charge in [-0.2, -0.15) is 5.10 Å². The molecular weight excluding hydrogens is 278 g/mol. The van der Waals surface area contributed by atoms with E-state index in [9.17, 15) is 4.79 Å². The van der Waals surface area contributed by atoms with Gasteiger partial charge in [-0.25, -0.2) is 14.5 Å². The number of halogens is 1. The van der Waals surface area contributed by atoms with Gasteiger partial charge in [0.2, 0.25) is 0 Å². The molecule has 0 aliphatic rings. The fourth-order valence-corrected chi connectivity index (χ4v) is 1.95. The Hall–Kier alpha value is -2.14. The normalized spacial score (nSPS) is 11.4. The molecule has 20 heavy (non-hydrogen) atoms. The summed E-state index contributed by atoms with van der Waals surface area (Å²) in [7, 11) is 0. The number of rotatable bonds is 5. The molecule has 5 nitrogen and oxygen atoms in total. The summed E-state index contributed by atoms with van der Waals surface area (Å²) in [5.41, 5.74) is 1.59. The molecule has 1 heterocycles. The highest BCUT2D eigenvalue weighted by molar-refractivity contribution is 6.32. The van der Waals surface area contributed by atoms with E-state index < -0.39 is 5.97 Å². The first-order chi connectivity index (χ1) is 9.66. The number of benzene rings is 1. The van der Waals surface area contributed by atoms with Gasteiger partial charge in [-0.3, -0.25) is 0 Å². The van der Waals surface area contributed by atoms with Crippen LogP contribution in [0.2, 0.25) is 5.02 Å². The minimum Gasteiger partial charge on any atom is -0.461 e. The predicted octanol–water partition coefficient (Wildman–Crippen LogP) is 2.58. The van der Waals surface area contributed by atoms with Crippen LogP contribution in [-0.4, -0.2) is 27.3 Å². The van der Waals surface area contributed by atoms with Gasteiger partial charge in [0.05, 0.1) is 6.54 Å². The molecule has 0 saturated carbocycles. The lowest BCUT2D eigenvalue weighted by Crippen LogP contribution is -2.10. The maximum atomic E-state index is 11.7. The number of carbonyl (C=O) groups excluding carboxylic acids is 1. The Bertz CT molecular complexity index is 609. The van der Waals surface area contributed by atoms with Crippen LogP contribution in [0.25, 0.3) is 5.57 Å². The summed E-state index contributed by atoms with van der Waals surface area (Å²) in [4.78, 5) is 15.5. The van der Waals surface area contributed by atoms with Gasteiger partial charge >= 0.3 is 5.97 Å². The van der Waals surface area contributed by atoms with E-state index in [0.29, 0.717) is 11.6 Å². The lowest BCUT2D eigenvalue weighted by molar-refractivity contribution is -0.138.